The first kappa shape index (κ1) is 16.4. The number of methoxy groups -OCH3 is 2. The first-order valence-corrected chi connectivity index (χ1v) is 8.20. The van der Waals surface area contributed by atoms with E-state index in [1.807, 2.05) is 30.3 Å². The molecule has 0 amide bonds. The monoisotopic (exact) mass is 322 g/mol. The van der Waals surface area contributed by atoms with Crippen molar-refractivity contribution in [2.75, 3.05) is 20.8 Å². The molecule has 1 aliphatic rings. The summed E-state index contributed by atoms with van der Waals surface area (Å²) in [5, 5.41) is 8.91. The summed E-state index contributed by atoms with van der Waals surface area (Å²) in [6, 6.07) is 16.6. The fourth-order valence-electron chi connectivity index (χ4n) is 3.37. The Kier molecular flexibility index (Phi) is 5.02. The summed E-state index contributed by atoms with van der Waals surface area (Å²) < 4.78 is 10.8. The Morgan fingerprint density at radius 3 is 2.50 bits per heavy atom. The molecule has 2 aromatic carbocycles. The van der Waals surface area contributed by atoms with Crippen LogP contribution in [0, 0.1) is 11.3 Å². The van der Waals surface area contributed by atoms with Gasteiger partial charge in [0.2, 0.25) is 0 Å². The van der Waals surface area contributed by atoms with Gasteiger partial charge in [0.05, 0.1) is 25.9 Å². The van der Waals surface area contributed by atoms with Gasteiger partial charge in [0.25, 0.3) is 0 Å². The third kappa shape index (κ3) is 3.37. The molecule has 0 aromatic heterocycles. The first-order valence-electron chi connectivity index (χ1n) is 8.20. The number of hydrogen-bond acceptors (Lipinski definition) is 4. The molecule has 0 radical (unpaired) electrons. The molecule has 2 aromatic rings. The predicted molar refractivity (Wildman–Crippen MR) is 93.1 cm³/mol. The van der Waals surface area contributed by atoms with E-state index in [0.29, 0.717) is 11.6 Å². The molecule has 24 heavy (non-hydrogen) atoms. The molecule has 0 bridgehead atoms. The Morgan fingerprint density at radius 1 is 1.08 bits per heavy atom. The highest BCUT2D eigenvalue weighted by atomic mass is 16.5. The third-order valence-corrected chi connectivity index (χ3v) is 4.62. The first-order chi connectivity index (χ1) is 11.7. The van der Waals surface area contributed by atoms with Crippen LogP contribution in [0.2, 0.25) is 0 Å². The molecule has 124 valence electrons. The zero-order valence-corrected chi connectivity index (χ0v) is 14.2. The lowest BCUT2D eigenvalue weighted by molar-refractivity contribution is 0.247. The van der Waals surface area contributed by atoms with Gasteiger partial charge in [0.1, 0.15) is 0 Å². The van der Waals surface area contributed by atoms with E-state index in [1.165, 1.54) is 17.5 Å². The Hall–Kier alpha value is -2.51. The van der Waals surface area contributed by atoms with Gasteiger partial charge in [0, 0.05) is 12.6 Å². The van der Waals surface area contributed by atoms with Crippen molar-refractivity contribution in [3.63, 3.8) is 0 Å². The van der Waals surface area contributed by atoms with Crippen molar-refractivity contribution in [1.29, 1.82) is 5.26 Å². The number of benzene rings is 2. The molecule has 1 saturated heterocycles. The zero-order chi connectivity index (χ0) is 16.9. The summed E-state index contributed by atoms with van der Waals surface area (Å²) >= 11 is 0. The minimum atomic E-state index is 0.389. The van der Waals surface area contributed by atoms with Gasteiger partial charge in [-0.05, 0) is 54.8 Å². The van der Waals surface area contributed by atoms with Crippen molar-refractivity contribution in [3.8, 4) is 17.6 Å². The summed E-state index contributed by atoms with van der Waals surface area (Å²) in [7, 11) is 3.33. The summed E-state index contributed by atoms with van der Waals surface area (Å²) in [6.07, 6.45) is 2.33. The van der Waals surface area contributed by atoms with E-state index in [2.05, 4.69) is 23.1 Å². The summed E-state index contributed by atoms with van der Waals surface area (Å²) in [5.41, 5.74) is 3.21. The Balaban J connectivity index is 1.78. The van der Waals surface area contributed by atoms with Gasteiger partial charge in [-0.25, -0.2) is 0 Å². The quantitative estimate of drug-likeness (QED) is 0.837. The molecular weight excluding hydrogens is 300 g/mol. The zero-order valence-electron chi connectivity index (χ0n) is 14.2. The van der Waals surface area contributed by atoms with Crippen molar-refractivity contribution in [3.05, 3.63) is 59.2 Å². The summed E-state index contributed by atoms with van der Waals surface area (Å²) in [5.74, 6) is 1.54. The lowest BCUT2D eigenvalue weighted by Crippen LogP contribution is -2.22. The smallest absolute Gasteiger partial charge is 0.161 e. The average molecular weight is 322 g/mol. The van der Waals surface area contributed by atoms with Gasteiger partial charge >= 0.3 is 0 Å². The highest BCUT2D eigenvalue weighted by Crippen LogP contribution is 2.37. The lowest BCUT2D eigenvalue weighted by Gasteiger charge is -2.25. The van der Waals surface area contributed by atoms with Crippen LogP contribution in [0.15, 0.2) is 42.5 Å². The van der Waals surface area contributed by atoms with E-state index in [0.717, 1.165) is 31.0 Å². The molecule has 1 aliphatic heterocycles. The van der Waals surface area contributed by atoms with E-state index >= 15 is 0 Å². The predicted octanol–water partition coefficient (Wildman–Crippen LogP) is 3.91. The van der Waals surface area contributed by atoms with E-state index in [1.54, 1.807) is 14.2 Å². The van der Waals surface area contributed by atoms with Crippen LogP contribution in [-0.4, -0.2) is 25.7 Å². The number of nitriles is 1. The molecule has 0 aliphatic carbocycles. The number of rotatable bonds is 5. The molecule has 0 saturated carbocycles. The molecule has 1 heterocycles. The molecule has 1 atom stereocenters. The fourth-order valence-corrected chi connectivity index (χ4v) is 3.37. The maximum Gasteiger partial charge on any atom is 0.161 e. The summed E-state index contributed by atoms with van der Waals surface area (Å²) in [6.45, 7) is 1.98. The standard InChI is InChI=1S/C20H22N2O2/c1-23-19-10-9-17(12-20(19)24-2)18-4-3-11-22(18)14-16-7-5-15(13-21)6-8-16/h5-10,12,18H,3-4,11,14H2,1-2H3/t18-/m1/s1. The van der Waals surface area contributed by atoms with Crippen LogP contribution in [0.1, 0.15) is 35.6 Å². The second-order valence-corrected chi connectivity index (χ2v) is 6.05. The van der Waals surface area contributed by atoms with E-state index in [9.17, 15) is 0 Å². The van der Waals surface area contributed by atoms with Crippen LogP contribution >= 0.6 is 0 Å². The number of likely N-dealkylation sites (tertiary alicyclic amines) is 1. The van der Waals surface area contributed by atoms with Gasteiger partial charge < -0.3 is 9.47 Å². The highest BCUT2D eigenvalue weighted by molar-refractivity contribution is 5.44. The van der Waals surface area contributed by atoms with Crippen LogP contribution in [0.4, 0.5) is 0 Å². The third-order valence-electron chi connectivity index (χ3n) is 4.62. The number of ether oxygens (including phenoxy) is 2. The molecule has 0 N–H and O–H groups in total. The van der Waals surface area contributed by atoms with Crippen LogP contribution in [0.5, 0.6) is 11.5 Å². The number of hydrogen-bond donors (Lipinski definition) is 0. The Morgan fingerprint density at radius 2 is 1.83 bits per heavy atom. The van der Waals surface area contributed by atoms with Crippen LogP contribution in [0.3, 0.4) is 0 Å². The van der Waals surface area contributed by atoms with Gasteiger partial charge in [-0.15, -0.1) is 0 Å². The molecule has 0 unspecified atom stereocenters. The van der Waals surface area contributed by atoms with Crippen molar-refractivity contribution < 1.29 is 9.47 Å². The van der Waals surface area contributed by atoms with Gasteiger partial charge in [-0.3, -0.25) is 4.90 Å². The minimum absolute atomic E-state index is 0.389. The summed E-state index contributed by atoms with van der Waals surface area (Å²) in [4.78, 5) is 2.49. The normalized spacial score (nSPS) is 17.5. The molecule has 0 spiro atoms. The van der Waals surface area contributed by atoms with Crippen molar-refractivity contribution in [2.45, 2.75) is 25.4 Å². The lowest BCUT2D eigenvalue weighted by atomic mass is 10.0. The second kappa shape index (κ2) is 7.37. The van der Waals surface area contributed by atoms with Crippen LogP contribution in [-0.2, 0) is 6.54 Å². The van der Waals surface area contributed by atoms with Crippen molar-refractivity contribution in [1.82, 2.24) is 4.90 Å². The van der Waals surface area contributed by atoms with Crippen molar-refractivity contribution >= 4 is 0 Å². The van der Waals surface area contributed by atoms with E-state index in [4.69, 9.17) is 14.7 Å². The molecule has 4 nitrogen and oxygen atoms in total. The van der Waals surface area contributed by atoms with Crippen molar-refractivity contribution in [2.24, 2.45) is 0 Å². The largest absolute Gasteiger partial charge is 0.493 e. The van der Waals surface area contributed by atoms with E-state index < -0.39 is 0 Å². The Labute approximate surface area is 143 Å². The van der Waals surface area contributed by atoms with Crippen LogP contribution in [0.25, 0.3) is 0 Å². The van der Waals surface area contributed by atoms with E-state index in [-0.39, 0.29) is 0 Å². The highest BCUT2D eigenvalue weighted by Gasteiger charge is 2.26. The van der Waals surface area contributed by atoms with Gasteiger partial charge in [0.15, 0.2) is 11.5 Å². The van der Waals surface area contributed by atoms with Gasteiger partial charge in [-0.2, -0.15) is 5.26 Å². The minimum Gasteiger partial charge on any atom is -0.493 e. The number of nitrogens with zero attached hydrogens (tertiary/aromatic N) is 2. The molecule has 4 heteroatoms. The SMILES string of the molecule is COc1ccc([C@H]2CCCN2Cc2ccc(C#N)cc2)cc1OC. The molecule has 3 rings (SSSR count). The Bertz CT molecular complexity index is 734. The average Bonchev–Trinajstić information content (AvgIpc) is 3.09. The van der Waals surface area contributed by atoms with Gasteiger partial charge in [-0.1, -0.05) is 18.2 Å². The fraction of sp³-hybridized carbons (Fsp3) is 0.350. The molecular formula is C20H22N2O2. The topological polar surface area (TPSA) is 45.5 Å². The second-order valence-electron chi connectivity index (χ2n) is 6.05. The molecule has 1 fully saturated rings. The maximum atomic E-state index is 8.91. The van der Waals surface area contributed by atoms with Crippen LogP contribution < -0.4 is 9.47 Å². The maximum absolute atomic E-state index is 8.91.